The summed E-state index contributed by atoms with van der Waals surface area (Å²) in [6, 6.07) is 1.93. The highest BCUT2D eigenvalue weighted by molar-refractivity contribution is 5.95. The zero-order chi connectivity index (χ0) is 18.3. The number of amides is 1. The minimum atomic E-state index is -4.70. The van der Waals surface area contributed by atoms with E-state index in [2.05, 4.69) is 5.32 Å². The van der Waals surface area contributed by atoms with Gasteiger partial charge < -0.3 is 10.4 Å². The van der Waals surface area contributed by atoms with Crippen molar-refractivity contribution in [3.05, 3.63) is 29.6 Å². The van der Waals surface area contributed by atoms with E-state index in [4.69, 9.17) is 0 Å². The van der Waals surface area contributed by atoms with E-state index in [-0.39, 0.29) is 17.5 Å². The SMILES string of the molecule is CC1(C)CC(O)CC(C)(C(=O)Nc2cc(F)cc(C(F)(F)F)c2)C1. The van der Waals surface area contributed by atoms with Crippen LogP contribution < -0.4 is 5.32 Å². The molecule has 0 saturated heterocycles. The van der Waals surface area contributed by atoms with E-state index in [9.17, 15) is 27.5 Å². The lowest BCUT2D eigenvalue weighted by molar-refractivity contribution is -0.138. The molecule has 1 fully saturated rings. The lowest BCUT2D eigenvalue weighted by Crippen LogP contribution is -2.45. The molecule has 7 heteroatoms. The van der Waals surface area contributed by atoms with E-state index >= 15 is 0 Å². The average molecular weight is 347 g/mol. The Labute approximate surface area is 138 Å². The highest BCUT2D eigenvalue weighted by Crippen LogP contribution is 2.46. The molecule has 134 valence electrons. The number of halogens is 4. The molecule has 1 aromatic rings. The normalized spacial score (nSPS) is 26.9. The van der Waals surface area contributed by atoms with Crippen molar-refractivity contribution in [1.82, 2.24) is 0 Å². The predicted octanol–water partition coefficient (Wildman–Crippen LogP) is 4.36. The number of anilines is 1. The van der Waals surface area contributed by atoms with E-state index < -0.39 is 35.0 Å². The first-order valence-corrected chi connectivity index (χ1v) is 7.68. The quantitative estimate of drug-likeness (QED) is 0.781. The summed E-state index contributed by atoms with van der Waals surface area (Å²) in [5.74, 6) is -1.60. The molecule has 2 unspecified atom stereocenters. The number of aliphatic hydroxyl groups excluding tert-OH is 1. The van der Waals surface area contributed by atoms with Crippen molar-refractivity contribution in [2.75, 3.05) is 5.32 Å². The molecule has 1 aliphatic rings. The van der Waals surface area contributed by atoms with Crippen molar-refractivity contribution in [2.24, 2.45) is 10.8 Å². The standard InChI is InChI=1S/C17H21F4NO2/c1-15(2)7-13(23)8-16(3,9-15)14(24)22-12-5-10(17(19,20)21)4-11(18)6-12/h4-6,13,23H,7-9H2,1-3H3,(H,22,24). The summed E-state index contributed by atoms with van der Waals surface area (Å²) in [4.78, 5) is 12.6. The van der Waals surface area contributed by atoms with Gasteiger partial charge in [0, 0.05) is 11.1 Å². The lowest BCUT2D eigenvalue weighted by atomic mass is 9.63. The van der Waals surface area contributed by atoms with Crippen molar-refractivity contribution in [2.45, 2.75) is 52.3 Å². The van der Waals surface area contributed by atoms with Gasteiger partial charge in [-0.3, -0.25) is 4.79 Å². The molecule has 1 saturated carbocycles. The largest absolute Gasteiger partial charge is 0.416 e. The monoisotopic (exact) mass is 347 g/mol. The molecule has 0 aliphatic heterocycles. The summed E-state index contributed by atoms with van der Waals surface area (Å²) in [5.41, 5.74) is -2.62. The first-order chi connectivity index (χ1) is 10.8. The number of carbonyl (C=O) groups excluding carboxylic acids is 1. The Morgan fingerprint density at radius 3 is 2.38 bits per heavy atom. The molecule has 3 nitrogen and oxygen atoms in total. The first-order valence-electron chi connectivity index (χ1n) is 7.68. The second-order valence-electron chi connectivity index (χ2n) is 7.64. The Hall–Kier alpha value is -1.63. The molecule has 0 heterocycles. The van der Waals surface area contributed by atoms with Crippen LogP contribution in [0.2, 0.25) is 0 Å². The third-order valence-electron chi connectivity index (χ3n) is 4.37. The van der Waals surface area contributed by atoms with Crippen LogP contribution in [0.3, 0.4) is 0 Å². The number of aliphatic hydroxyl groups is 1. The summed E-state index contributed by atoms with van der Waals surface area (Å²) in [5, 5.41) is 12.4. The average Bonchev–Trinajstić information content (AvgIpc) is 2.33. The molecule has 0 aromatic heterocycles. The minimum Gasteiger partial charge on any atom is -0.393 e. The highest BCUT2D eigenvalue weighted by Gasteiger charge is 2.45. The minimum absolute atomic E-state index is 0.212. The Balaban J connectivity index is 2.25. The third-order valence-corrected chi connectivity index (χ3v) is 4.37. The van der Waals surface area contributed by atoms with Crippen molar-refractivity contribution >= 4 is 11.6 Å². The van der Waals surface area contributed by atoms with Gasteiger partial charge in [-0.25, -0.2) is 4.39 Å². The summed E-state index contributed by atoms with van der Waals surface area (Å²) in [6.45, 7) is 5.51. The van der Waals surface area contributed by atoms with Gasteiger partial charge in [-0.15, -0.1) is 0 Å². The second-order valence-corrected chi connectivity index (χ2v) is 7.64. The maximum absolute atomic E-state index is 13.4. The maximum Gasteiger partial charge on any atom is 0.416 e. The van der Waals surface area contributed by atoms with E-state index in [1.54, 1.807) is 6.92 Å². The Morgan fingerprint density at radius 1 is 1.21 bits per heavy atom. The van der Waals surface area contributed by atoms with Crippen LogP contribution in [0, 0.1) is 16.6 Å². The van der Waals surface area contributed by atoms with Crippen molar-refractivity contribution < 1.29 is 27.5 Å². The molecule has 2 rings (SSSR count). The van der Waals surface area contributed by atoms with Gasteiger partial charge in [0.2, 0.25) is 5.91 Å². The molecule has 0 radical (unpaired) electrons. The first kappa shape index (κ1) is 18.7. The van der Waals surface area contributed by atoms with Crippen LogP contribution in [0.15, 0.2) is 18.2 Å². The number of benzene rings is 1. The van der Waals surface area contributed by atoms with Crippen LogP contribution in [-0.2, 0) is 11.0 Å². The predicted molar refractivity (Wildman–Crippen MR) is 81.8 cm³/mol. The fourth-order valence-corrected chi connectivity index (χ4v) is 3.71. The number of alkyl halides is 3. The van der Waals surface area contributed by atoms with Crippen molar-refractivity contribution in [3.63, 3.8) is 0 Å². The molecule has 0 bridgehead atoms. The number of nitrogens with one attached hydrogen (secondary N) is 1. The van der Waals surface area contributed by atoms with E-state index in [1.807, 2.05) is 13.8 Å². The van der Waals surface area contributed by atoms with Crippen LogP contribution >= 0.6 is 0 Å². The second kappa shape index (κ2) is 6.02. The fourth-order valence-electron chi connectivity index (χ4n) is 3.71. The number of carbonyl (C=O) groups is 1. The zero-order valence-electron chi connectivity index (χ0n) is 13.8. The summed E-state index contributed by atoms with van der Waals surface area (Å²) >= 11 is 0. The van der Waals surface area contributed by atoms with Gasteiger partial charge in [0.05, 0.1) is 11.7 Å². The smallest absolute Gasteiger partial charge is 0.393 e. The summed E-state index contributed by atoms with van der Waals surface area (Å²) in [7, 11) is 0. The zero-order valence-corrected chi connectivity index (χ0v) is 13.8. The van der Waals surface area contributed by atoms with Gasteiger partial charge in [-0.05, 0) is 42.9 Å². The molecule has 1 aliphatic carbocycles. The Kier molecular flexibility index (Phi) is 4.69. The van der Waals surface area contributed by atoms with E-state index in [0.29, 0.717) is 25.0 Å². The number of hydrogen-bond acceptors (Lipinski definition) is 2. The fraction of sp³-hybridized carbons (Fsp3) is 0.588. The lowest BCUT2D eigenvalue weighted by Gasteiger charge is -2.44. The van der Waals surface area contributed by atoms with Crippen LogP contribution in [0.25, 0.3) is 0 Å². The highest BCUT2D eigenvalue weighted by atomic mass is 19.4. The van der Waals surface area contributed by atoms with Gasteiger partial charge in [0.1, 0.15) is 5.82 Å². The molecular formula is C17H21F4NO2. The molecule has 1 aromatic carbocycles. The summed E-state index contributed by atoms with van der Waals surface area (Å²) < 4.78 is 51.7. The number of hydrogen-bond donors (Lipinski definition) is 2. The molecule has 24 heavy (non-hydrogen) atoms. The molecule has 2 atom stereocenters. The van der Waals surface area contributed by atoms with Crippen LogP contribution in [-0.4, -0.2) is 17.1 Å². The third kappa shape index (κ3) is 4.26. The topological polar surface area (TPSA) is 49.3 Å². The van der Waals surface area contributed by atoms with Gasteiger partial charge in [-0.2, -0.15) is 13.2 Å². The van der Waals surface area contributed by atoms with Crippen molar-refractivity contribution in [1.29, 1.82) is 0 Å². The molecule has 1 amide bonds. The molecular weight excluding hydrogens is 326 g/mol. The Morgan fingerprint density at radius 2 is 1.83 bits per heavy atom. The van der Waals surface area contributed by atoms with Crippen molar-refractivity contribution in [3.8, 4) is 0 Å². The van der Waals surface area contributed by atoms with Crippen LogP contribution in [0.4, 0.5) is 23.2 Å². The van der Waals surface area contributed by atoms with Gasteiger partial charge in [0.25, 0.3) is 0 Å². The Bertz CT molecular complexity index is 642. The maximum atomic E-state index is 13.4. The van der Waals surface area contributed by atoms with Crippen LogP contribution in [0.1, 0.15) is 45.6 Å². The van der Waals surface area contributed by atoms with Gasteiger partial charge >= 0.3 is 6.18 Å². The number of rotatable bonds is 2. The van der Waals surface area contributed by atoms with Gasteiger partial charge in [0.15, 0.2) is 0 Å². The van der Waals surface area contributed by atoms with Gasteiger partial charge in [-0.1, -0.05) is 20.8 Å². The molecule has 0 spiro atoms. The molecule has 2 N–H and O–H groups in total. The van der Waals surface area contributed by atoms with E-state index in [0.717, 1.165) is 6.07 Å². The van der Waals surface area contributed by atoms with E-state index in [1.165, 1.54) is 0 Å². The summed E-state index contributed by atoms with van der Waals surface area (Å²) in [6.07, 6.45) is -4.13. The van der Waals surface area contributed by atoms with Crippen LogP contribution in [0.5, 0.6) is 0 Å².